The summed E-state index contributed by atoms with van der Waals surface area (Å²) in [5, 5.41) is 7.47. The van der Waals surface area contributed by atoms with Gasteiger partial charge in [0.15, 0.2) is 0 Å². The maximum Gasteiger partial charge on any atom is 0.254 e. The van der Waals surface area contributed by atoms with Gasteiger partial charge in [0.05, 0.1) is 0 Å². The summed E-state index contributed by atoms with van der Waals surface area (Å²) in [5.74, 6) is 1.22. The van der Waals surface area contributed by atoms with E-state index in [2.05, 4.69) is 25.3 Å². The number of hydrogen-bond acceptors (Lipinski definition) is 6. The van der Waals surface area contributed by atoms with Gasteiger partial charge in [0.1, 0.15) is 18.0 Å². The van der Waals surface area contributed by atoms with Crippen molar-refractivity contribution >= 4 is 23.2 Å². The standard InChI is InChI=1S/C20H24FN7O/c1-2-16-13-18(28-20(25-16)23-14-24-28)22-8-7-19(29)27-11-9-26(10-12-27)17-5-3-15(21)4-6-17/h3-6,13-14,22H,2,7-12H2,1H3. The average molecular weight is 397 g/mol. The predicted octanol–water partition coefficient (Wildman–Crippen LogP) is 1.98. The first-order chi connectivity index (χ1) is 14.1. The van der Waals surface area contributed by atoms with E-state index in [0.29, 0.717) is 31.8 Å². The van der Waals surface area contributed by atoms with Crippen molar-refractivity contribution in [3.05, 3.63) is 48.2 Å². The summed E-state index contributed by atoms with van der Waals surface area (Å²) in [6, 6.07) is 8.43. The fraction of sp³-hybridized carbons (Fsp3) is 0.400. The van der Waals surface area contributed by atoms with Crippen molar-refractivity contribution in [2.24, 2.45) is 0 Å². The molecule has 1 aliphatic heterocycles. The lowest BCUT2D eigenvalue weighted by Gasteiger charge is -2.36. The summed E-state index contributed by atoms with van der Waals surface area (Å²) < 4.78 is 14.7. The second kappa shape index (κ2) is 8.42. The first kappa shape index (κ1) is 19.1. The number of nitrogens with zero attached hydrogens (tertiary/aromatic N) is 6. The average Bonchev–Trinajstić information content (AvgIpc) is 3.23. The number of carbonyl (C=O) groups excluding carboxylic acids is 1. The minimum atomic E-state index is -0.238. The van der Waals surface area contributed by atoms with Crippen molar-refractivity contribution < 1.29 is 9.18 Å². The zero-order valence-corrected chi connectivity index (χ0v) is 16.4. The highest BCUT2D eigenvalue weighted by atomic mass is 19.1. The molecule has 1 aliphatic rings. The molecule has 0 unspecified atom stereocenters. The predicted molar refractivity (Wildman–Crippen MR) is 108 cm³/mol. The number of nitrogens with one attached hydrogen (secondary N) is 1. The Kier molecular flexibility index (Phi) is 5.55. The summed E-state index contributed by atoms with van der Waals surface area (Å²) in [7, 11) is 0. The quantitative estimate of drug-likeness (QED) is 0.685. The van der Waals surface area contributed by atoms with E-state index in [0.717, 1.165) is 36.7 Å². The number of benzene rings is 1. The van der Waals surface area contributed by atoms with Crippen molar-refractivity contribution in [2.75, 3.05) is 42.9 Å². The lowest BCUT2D eigenvalue weighted by Crippen LogP contribution is -2.49. The molecule has 0 aliphatic carbocycles. The Hall–Kier alpha value is -3.23. The van der Waals surface area contributed by atoms with Gasteiger partial charge in [-0.15, -0.1) is 0 Å². The molecule has 8 nitrogen and oxygen atoms in total. The van der Waals surface area contributed by atoms with Crippen LogP contribution < -0.4 is 10.2 Å². The smallest absolute Gasteiger partial charge is 0.254 e. The Morgan fingerprint density at radius 1 is 1.17 bits per heavy atom. The molecule has 3 aromatic rings. The highest BCUT2D eigenvalue weighted by molar-refractivity contribution is 5.77. The zero-order valence-electron chi connectivity index (χ0n) is 16.4. The molecule has 0 spiro atoms. The van der Waals surface area contributed by atoms with Crippen LogP contribution in [0.4, 0.5) is 15.9 Å². The molecule has 0 saturated carbocycles. The number of aryl methyl sites for hydroxylation is 1. The Balaban J connectivity index is 1.29. The van der Waals surface area contributed by atoms with Crippen molar-refractivity contribution in [2.45, 2.75) is 19.8 Å². The van der Waals surface area contributed by atoms with E-state index in [1.165, 1.54) is 18.5 Å². The van der Waals surface area contributed by atoms with Crippen molar-refractivity contribution in [1.29, 1.82) is 0 Å². The number of hydrogen-bond donors (Lipinski definition) is 1. The number of halogens is 1. The van der Waals surface area contributed by atoms with E-state index in [1.807, 2.05) is 17.9 Å². The fourth-order valence-corrected chi connectivity index (χ4v) is 3.49. The molecule has 4 rings (SSSR count). The molecule has 29 heavy (non-hydrogen) atoms. The second-order valence-electron chi connectivity index (χ2n) is 6.98. The lowest BCUT2D eigenvalue weighted by atomic mass is 10.2. The van der Waals surface area contributed by atoms with Crippen LogP contribution in [0.15, 0.2) is 36.7 Å². The highest BCUT2D eigenvalue weighted by Crippen LogP contribution is 2.17. The lowest BCUT2D eigenvalue weighted by molar-refractivity contribution is -0.131. The van der Waals surface area contributed by atoms with Crippen molar-refractivity contribution in [3.63, 3.8) is 0 Å². The van der Waals surface area contributed by atoms with Crippen LogP contribution >= 0.6 is 0 Å². The number of carbonyl (C=O) groups is 1. The molecule has 9 heteroatoms. The van der Waals surface area contributed by atoms with Crippen LogP contribution in [0.3, 0.4) is 0 Å². The third kappa shape index (κ3) is 4.28. The number of amides is 1. The van der Waals surface area contributed by atoms with Crippen LogP contribution in [0.1, 0.15) is 19.0 Å². The first-order valence-electron chi connectivity index (χ1n) is 9.86. The molecule has 1 aromatic carbocycles. The maximum atomic E-state index is 13.1. The van der Waals surface area contributed by atoms with E-state index in [4.69, 9.17) is 0 Å². The largest absolute Gasteiger partial charge is 0.369 e. The third-order valence-corrected chi connectivity index (χ3v) is 5.14. The molecule has 1 N–H and O–H groups in total. The van der Waals surface area contributed by atoms with Gasteiger partial charge in [0.2, 0.25) is 5.91 Å². The van der Waals surface area contributed by atoms with E-state index < -0.39 is 0 Å². The van der Waals surface area contributed by atoms with Crippen LogP contribution in [0.5, 0.6) is 0 Å². The molecule has 3 heterocycles. The first-order valence-corrected chi connectivity index (χ1v) is 9.86. The molecule has 0 atom stereocenters. The number of fused-ring (bicyclic) bond motifs is 1. The molecule has 1 saturated heterocycles. The van der Waals surface area contributed by atoms with Gasteiger partial charge in [0, 0.05) is 56.6 Å². The Bertz CT molecular complexity index is 980. The van der Waals surface area contributed by atoms with E-state index in [-0.39, 0.29) is 11.7 Å². The van der Waals surface area contributed by atoms with Gasteiger partial charge in [-0.3, -0.25) is 4.79 Å². The van der Waals surface area contributed by atoms with Crippen LogP contribution in [-0.4, -0.2) is 63.1 Å². The second-order valence-corrected chi connectivity index (χ2v) is 6.98. The summed E-state index contributed by atoms with van der Waals surface area (Å²) in [6.07, 6.45) is 2.67. The van der Waals surface area contributed by atoms with Gasteiger partial charge >= 0.3 is 0 Å². The zero-order chi connectivity index (χ0) is 20.2. The molecule has 1 fully saturated rings. The van der Waals surface area contributed by atoms with E-state index >= 15 is 0 Å². The van der Waals surface area contributed by atoms with Gasteiger partial charge in [-0.25, -0.2) is 9.37 Å². The molecule has 0 bridgehead atoms. The third-order valence-electron chi connectivity index (χ3n) is 5.14. The molecule has 2 aromatic heterocycles. The van der Waals surface area contributed by atoms with Gasteiger partial charge in [0.25, 0.3) is 5.78 Å². The van der Waals surface area contributed by atoms with E-state index in [9.17, 15) is 9.18 Å². The number of anilines is 2. The number of aromatic nitrogens is 4. The van der Waals surface area contributed by atoms with Crippen molar-refractivity contribution in [1.82, 2.24) is 24.5 Å². The summed E-state index contributed by atoms with van der Waals surface area (Å²) in [5.41, 5.74) is 1.91. The molecule has 0 radical (unpaired) electrons. The topological polar surface area (TPSA) is 78.7 Å². The molecule has 1 amide bonds. The van der Waals surface area contributed by atoms with Crippen LogP contribution in [0.2, 0.25) is 0 Å². The number of rotatable bonds is 6. The maximum absolute atomic E-state index is 13.1. The fourth-order valence-electron chi connectivity index (χ4n) is 3.49. The minimum Gasteiger partial charge on any atom is -0.369 e. The van der Waals surface area contributed by atoms with Gasteiger partial charge in [-0.1, -0.05) is 6.92 Å². The van der Waals surface area contributed by atoms with Crippen LogP contribution in [-0.2, 0) is 11.2 Å². The molecular formula is C20H24FN7O. The Morgan fingerprint density at radius 3 is 2.66 bits per heavy atom. The van der Waals surface area contributed by atoms with E-state index in [1.54, 1.807) is 16.6 Å². The van der Waals surface area contributed by atoms with Gasteiger partial charge in [-0.2, -0.15) is 14.6 Å². The monoisotopic (exact) mass is 397 g/mol. The van der Waals surface area contributed by atoms with Crippen molar-refractivity contribution in [3.8, 4) is 0 Å². The Morgan fingerprint density at radius 2 is 1.93 bits per heavy atom. The van der Waals surface area contributed by atoms with Gasteiger partial charge < -0.3 is 15.1 Å². The molecular weight excluding hydrogens is 373 g/mol. The van der Waals surface area contributed by atoms with Crippen LogP contribution in [0.25, 0.3) is 5.78 Å². The Labute approximate surface area is 168 Å². The SMILES string of the molecule is CCc1cc(NCCC(=O)N2CCN(c3ccc(F)cc3)CC2)n2ncnc2n1. The normalized spacial score (nSPS) is 14.4. The minimum absolute atomic E-state index is 0.121. The van der Waals surface area contributed by atoms with Crippen LogP contribution in [0, 0.1) is 5.82 Å². The summed E-state index contributed by atoms with van der Waals surface area (Å²) in [4.78, 5) is 25.2. The molecule has 152 valence electrons. The highest BCUT2D eigenvalue weighted by Gasteiger charge is 2.21. The van der Waals surface area contributed by atoms with Gasteiger partial charge in [-0.05, 0) is 30.7 Å². The summed E-state index contributed by atoms with van der Waals surface area (Å²) in [6.45, 7) is 5.37. The summed E-state index contributed by atoms with van der Waals surface area (Å²) >= 11 is 0. The number of piperazine rings is 1.